The highest BCUT2D eigenvalue weighted by molar-refractivity contribution is 7.99. The summed E-state index contributed by atoms with van der Waals surface area (Å²) >= 11 is 8.16. The molecular weight excluding hydrogens is 388 g/mol. The highest BCUT2D eigenvalue weighted by Crippen LogP contribution is 2.28. The van der Waals surface area contributed by atoms with Crippen molar-refractivity contribution < 1.29 is 0 Å². The molecule has 0 saturated carbocycles. The fraction of sp³-hybridized carbons (Fsp3) is 0.545. The third-order valence-corrected chi connectivity index (χ3v) is 6.98. The molecule has 2 aliphatic heterocycles. The van der Waals surface area contributed by atoms with Crippen LogP contribution in [0.4, 0.5) is 0 Å². The minimum atomic E-state index is 0.483. The zero-order valence-electron chi connectivity index (χ0n) is 16.4. The third-order valence-electron chi connectivity index (χ3n) is 5.77. The summed E-state index contributed by atoms with van der Waals surface area (Å²) in [6.45, 7) is 6.74. The molecule has 4 rings (SSSR count). The van der Waals surface area contributed by atoms with E-state index >= 15 is 0 Å². The van der Waals surface area contributed by atoms with E-state index < -0.39 is 0 Å². The molecule has 3 heterocycles. The van der Waals surface area contributed by atoms with Gasteiger partial charge in [-0.3, -0.25) is 4.90 Å². The maximum Gasteiger partial charge on any atom is 0.187 e. The first-order chi connectivity index (χ1) is 13.8. The van der Waals surface area contributed by atoms with Crippen molar-refractivity contribution in [3.63, 3.8) is 0 Å². The lowest BCUT2D eigenvalue weighted by Crippen LogP contribution is -2.34. The van der Waals surface area contributed by atoms with Gasteiger partial charge in [-0.15, -0.1) is 0 Å². The molecule has 1 aromatic carbocycles. The number of benzene rings is 1. The van der Waals surface area contributed by atoms with Crippen molar-refractivity contribution in [1.82, 2.24) is 19.8 Å². The largest absolute Gasteiger partial charge is 0.303 e. The Morgan fingerprint density at radius 1 is 1.04 bits per heavy atom. The van der Waals surface area contributed by atoms with Crippen molar-refractivity contribution in [1.29, 1.82) is 0 Å². The molecule has 1 atom stereocenters. The van der Waals surface area contributed by atoms with Gasteiger partial charge >= 0.3 is 0 Å². The highest BCUT2D eigenvalue weighted by Gasteiger charge is 2.23. The van der Waals surface area contributed by atoms with Gasteiger partial charge < -0.3 is 4.90 Å². The van der Waals surface area contributed by atoms with Crippen molar-refractivity contribution in [3.05, 3.63) is 52.8 Å². The van der Waals surface area contributed by atoms with Crippen molar-refractivity contribution in [3.8, 4) is 0 Å². The number of nitrogens with zero attached hydrogens (tertiary/aromatic N) is 4. The first-order valence-corrected chi connectivity index (χ1v) is 11.8. The fourth-order valence-electron chi connectivity index (χ4n) is 4.23. The number of piperidine rings is 1. The molecular formula is C22H29ClN4S. The summed E-state index contributed by atoms with van der Waals surface area (Å²) < 4.78 is 0. The number of halogens is 1. The standard InChI is InChI=1S/C22H29ClN4S/c23-20-8-2-1-6-18(20)16-27-13-5-7-19(17-27)21-9-10-24-22(25-21)28-15-14-26-11-3-4-12-26/h1-2,6,8-10,19H,3-5,7,11-17H2. The minimum Gasteiger partial charge on any atom is -0.303 e. The lowest BCUT2D eigenvalue weighted by Gasteiger charge is -2.32. The highest BCUT2D eigenvalue weighted by atomic mass is 35.5. The van der Waals surface area contributed by atoms with Crippen LogP contribution >= 0.6 is 23.4 Å². The van der Waals surface area contributed by atoms with Gasteiger partial charge in [0.15, 0.2) is 5.16 Å². The predicted octanol–water partition coefficient (Wildman–Crippen LogP) is 4.70. The van der Waals surface area contributed by atoms with E-state index in [9.17, 15) is 0 Å². The van der Waals surface area contributed by atoms with Crippen LogP contribution < -0.4 is 0 Å². The lowest BCUT2D eigenvalue weighted by atomic mass is 9.94. The first kappa shape index (κ1) is 20.1. The van der Waals surface area contributed by atoms with Crippen molar-refractivity contribution in [2.24, 2.45) is 0 Å². The Balaban J connectivity index is 1.33. The van der Waals surface area contributed by atoms with E-state index in [0.29, 0.717) is 5.92 Å². The van der Waals surface area contributed by atoms with Gasteiger partial charge in [0.05, 0.1) is 0 Å². The van der Waals surface area contributed by atoms with Gasteiger partial charge in [0.1, 0.15) is 0 Å². The summed E-state index contributed by atoms with van der Waals surface area (Å²) in [6, 6.07) is 10.3. The second-order valence-electron chi connectivity index (χ2n) is 7.83. The van der Waals surface area contributed by atoms with Crippen LogP contribution in [0.2, 0.25) is 5.02 Å². The Bertz CT molecular complexity index is 766. The van der Waals surface area contributed by atoms with E-state index in [1.165, 1.54) is 50.0 Å². The van der Waals surface area contributed by atoms with Crippen LogP contribution in [-0.2, 0) is 6.54 Å². The molecule has 0 aliphatic carbocycles. The summed E-state index contributed by atoms with van der Waals surface area (Å²) in [5.74, 6) is 1.56. The Hall–Kier alpha value is -1.14. The van der Waals surface area contributed by atoms with Crippen molar-refractivity contribution in [2.45, 2.75) is 43.3 Å². The van der Waals surface area contributed by atoms with Crippen LogP contribution in [0, 0.1) is 0 Å². The summed E-state index contributed by atoms with van der Waals surface area (Å²) in [4.78, 5) is 14.5. The average Bonchev–Trinajstić information content (AvgIpc) is 3.24. The monoisotopic (exact) mass is 416 g/mol. The Morgan fingerprint density at radius 2 is 1.86 bits per heavy atom. The van der Waals surface area contributed by atoms with E-state index in [0.717, 1.165) is 42.1 Å². The molecule has 150 valence electrons. The van der Waals surface area contributed by atoms with E-state index in [-0.39, 0.29) is 0 Å². The Morgan fingerprint density at radius 3 is 2.71 bits per heavy atom. The van der Waals surface area contributed by atoms with E-state index in [1.54, 1.807) is 11.8 Å². The average molecular weight is 417 g/mol. The number of aromatic nitrogens is 2. The SMILES string of the molecule is Clc1ccccc1CN1CCCC(c2ccnc(SCCN3CCCC3)n2)C1. The quantitative estimate of drug-likeness (QED) is 0.482. The molecule has 1 unspecified atom stereocenters. The molecule has 28 heavy (non-hydrogen) atoms. The van der Waals surface area contributed by atoms with E-state index in [4.69, 9.17) is 16.6 Å². The maximum atomic E-state index is 6.36. The van der Waals surface area contributed by atoms with Crippen LogP contribution in [0.1, 0.15) is 42.9 Å². The van der Waals surface area contributed by atoms with Gasteiger partial charge in [-0.25, -0.2) is 9.97 Å². The molecule has 0 N–H and O–H groups in total. The van der Waals surface area contributed by atoms with E-state index in [1.807, 2.05) is 18.3 Å². The van der Waals surface area contributed by atoms with Gasteiger partial charge in [-0.05, 0) is 63.0 Å². The first-order valence-electron chi connectivity index (χ1n) is 10.4. The fourth-order valence-corrected chi connectivity index (χ4v) is 5.26. The summed E-state index contributed by atoms with van der Waals surface area (Å²) in [7, 11) is 0. The lowest BCUT2D eigenvalue weighted by molar-refractivity contribution is 0.198. The smallest absolute Gasteiger partial charge is 0.187 e. The molecule has 1 aromatic heterocycles. The maximum absolute atomic E-state index is 6.36. The molecule has 0 radical (unpaired) electrons. The van der Waals surface area contributed by atoms with Crippen molar-refractivity contribution >= 4 is 23.4 Å². The molecule has 0 amide bonds. The predicted molar refractivity (Wildman–Crippen MR) is 117 cm³/mol. The zero-order chi connectivity index (χ0) is 19.2. The van der Waals surface area contributed by atoms with Crippen LogP contribution in [-0.4, -0.2) is 58.2 Å². The molecule has 2 aromatic rings. The van der Waals surface area contributed by atoms with Crippen LogP contribution in [0.3, 0.4) is 0 Å². The molecule has 2 aliphatic rings. The normalized spacial score (nSPS) is 21.2. The number of rotatable bonds is 7. The zero-order valence-corrected chi connectivity index (χ0v) is 18.0. The second kappa shape index (κ2) is 10.1. The third kappa shape index (κ3) is 5.47. The Labute approximate surface area is 177 Å². The molecule has 6 heteroatoms. The second-order valence-corrected chi connectivity index (χ2v) is 9.30. The number of thioether (sulfide) groups is 1. The van der Waals surface area contributed by atoms with Crippen molar-refractivity contribution in [2.75, 3.05) is 38.5 Å². The minimum absolute atomic E-state index is 0.483. The molecule has 0 spiro atoms. The summed E-state index contributed by atoms with van der Waals surface area (Å²) in [5, 5.41) is 1.79. The van der Waals surface area contributed by atoms with Crippen LogP contribution in [0.15, 0.2) is 41.7 Å². The Kier molecular flexibility index (Phi) is 7.24. The van der Waals surface area contributed by atoms with Gasteiger partial charge in [0, 0.05) is 48.2 Å². The van der Waals surface area contributed by atoms with Gasteiger partial charge in [-0.1, -0.05) is 41.6 Å². The summed E-state index contributed by atoms with van der Waals surface area (Å²) in [6.07, 6.45) is 7.05. The summed E-state index contributed by atoms with van der Waals surface area (Å²) in [5.41, 5.74) is 2.41. The van der Waals surface area contributed by atoms with Gasteiger partial charge in [0.25, 0.3) is 0 Å². The molecule has 2 saturated heterocycles. The number of hydrogen-bond donors (Lipinski definition) is 0. The molecule has 4 nitrogen and oxygen atoms in total. The van der Waals surface area contributed by atoms with Gasteiger partial charge in [0.2, 0.25) is 0 Å². The number of hydrogen-bond acceptors (Lipinski definition) is 5. The van der Waals surface area contributed by atoms with Gasteiger partial charge in [-0.2, -0.15) is 0 Å². The van der Waals surface area contributed by atoms with E-state index in [2.05, 4.69) is 33.0 Å². The topological polar surface area (TPSA) is 32.3 Å². The van der Waals surface area contributed by atoms with Crippen LogP contribution in [0.25, 0.3) is 0 Å². The van der Waals surface area contributed by atoms with Crippen LogP contribution in [0.5, 0.6) is 0 Å². The number of likely N-dealkylation sites (tertiary alicyclic amines) is 2. The molecule has 0 bridgehead atoms. The molecule has 2 fully saturated rings.